The Morgan fingerprint density at radius 3 is 2.64 bits per heavy atom. The lowest BCUT2D eigenvalue weighted by molar-refractivity contribution is -0.124. The Morgan fingerprint density at radius 1 is 1.29 bits per heavy atom. The number of hydroxylamine groups is 1. The molecule has 1 saturated heterocycles. The summed E-state index contributed by atoms with van der Waals surface area (Å²) < 4.78 is 29.2. The van der Waals surface area contributed by atoms with Gasteiger partial charge in [0, 0.05) is 44.1 Å². The predicted molar refractivity (Wildman–Crippen MR) is 104 cm³/mol. The number of nitrogens with one attached hydrogen (secondary N) is 2. The van der Waals surface area contributed by atoms with Gasteiger partial charge in [-0.1, -0.05) is 18.2 Å². The second kappa shape index (κ2) is 8.55. The van der Waals surface area contributed by atoms with Crippen molar-refractivity contribution in [3.8, 4) is 0 Å². The van der Waals surface area contributed by atoms with Crippen molar-refractivity contribution in [2.24, 2.45) is 7.05 Å². The fourth-order valence-electron chi connectivity index (χ4n) is 3.16. The van der Waals surface area contributed by atoms with Crippen molar-refractivity contribution in [1.82, 2.24) is 19.8 Å². The Bertz CT molecular complexity index is 962. The molecular formula is C18H23N5O4S. The van der Waals surface area contributed by atoms with Gasteiger partial charge in [-0.3, -0.25) is 10.0 Å². The third kappa shape index (κ3) is 4.77. The number of carbonyl (C=O) groups is 1. The van der Waals surface area contributed by atoms with E-state index >= 15 is 0 Å². The Morgan fingerprint density at radius 2 is 2.00 bits per heavy atom. The zero-order valence-electron chi connectivity index (χ0n) is 15.4. The highest BCUT2D eigenvalue weighted by Crippen LogP contribution is 2.25. The lowest BCUT2D eigenvalue weighted by atomic mass is 10.0. The molecule has 0 radical (unpaired) electrons. The third-order valence-electron chi connectivity index (χ3n) is 4.58. The van der Waals surface area contributed by atoms with E-state index in [0.717, 1.165) is 11.3 Å². The number of hydrogen-bond donors (Lipinski definition) is 3. The molecule has 1 aromatic heterocycles. The van der Waals surface area contributed by atoms with Crippen LogP contribution in [0.3, 0.4) is 0 Å². The molecule has 0 atom stereocenters. The fraction of sp³-hybridized carbons (Fsp3) is 0.333. The van der Waals surface area contributed by atoms with Gasteiger partial charge >= 0.3 is 0 Å². The van der Waals surface area contributed by atoms with Crippen LogP contribution < -0.4 is 15.1 Å². The van der Waals surface area contributed by atoms with Gasteiger partial charge in [0.1, 0.15) is 0 Å². The zero-order chi connectivity index (χ0) is 20.1. The summed E-state index contributed by atoms with van der Waals surface area (Å²) in [6.07, 6.45) is 7.13. The topological polar surface area (TPSA) is 117 Å². The van der Waals surface area contributed by atoms with Gasteiger partial charge in [0.05, 0.1) is 6.33 Å². The fourth-order valence-corrected chi connectivity index (χ4v) is 4.45. The molecule has 1 aliphatic heterocycles. The number of amides is 1. The van der Waals surface area contributed by atoms with Gasteiger partial charge in [0.15, 0.2) is 5.03 Å². The number of benzene rings is 1. The Hall–Kier alpha value is -2.69. The second-order valence-electron chi connectivity index (χ2n) is 6.63. The van der Waals surface area contributed by atoms with Crippen LogP contribution in [0.15, 0.2) is 47.9 Å². The molecule has 3 N–H and O–H groups in total. The number of piperidine rings is 1. The van der Waals surface area contributed by atoms with Gasteiger partial charge in [0.2, 0.25) is 0 Å². The molecule has 3 rings (SSSR count). The van der Waals surface area contributed by atoms with Crippen molar-refractivity contribution in [3.05, 3.63) is 48.4 Å². The molecular weight excluding hydrogens is 382 g/mol. The van der Waals surface area contributed by atoms with E-state index in [1.165, 1.54) is 18.6 Å². The molecule has 1 amide bonds. The van der Waals surface area contributed by atoms with Gasteiger partial charge < -0.3 is 9.47 Å². The first-order valence-electron chi connectivity index (χ1n) is 8.85. The molecule has 0 spiro atoms. The monoisotopic (exact) mass is 405 g/mol. The minimum atomic E-state index is -3.63. The maximum atomic E-state index is 12.4. The quantitative estimate of drug-likeness (QED) is 0.373. The van der Waals surface area contributed by atoms with Crippen molar-refractivity contribution in [3.63, 3.8) is 0 Å². The number of aryl methyl sites for hydroxylation is 1. The number of rotatable bonds is 6. The molecule has 1 fully saturated rings. The van der Waals surface area contributed by atoms with Crippen LogP contribution in [-0.2, 0) is 21.9 Å². The van der Waals surface area contributed by atoms with Crippen molar-refractivity contribution in [2.75, 3.05) is 18.0 Å². The molecule has 10 heteroatoms. The van der Waals surface area contributed by atoms with Gasteiger partial charge in [0.25, 0.3) is 15.9 Å². The average Bonchev–Trinajstić information content (AvgIpc) is 3.14. The summed E-state index contributed by atoms with van der Waals surface area (Å²) in [4.78, 5) is 17.3. The number of imidazole rings is 1. The molecule has 0 saturated carbocycles. The molecule has 0 bridgehead atoms. The number of carbonyl (C=O) groups excluding carboxylic acids is 1. The van der Waals surface area contributed by atoms with Crippen LogP contribution in [0, 0.1) is 0 Å². The first kappa shape index (κ1) is 20.1. The van der Waals surface area contributed by atoms with E-state index in [1.807, 2.05) is 24.3 Å². The highest BCUT2D eigenvalue weighted by Gasteiger charge is 2.26. The number of para-hydroxylation sites is 1. The van der Waals surface area contributed by atoms with E-state index in [9.17, 15) is 13.2 Å². The summed E-state index contributed by atoms with van der Waals surface area (Å²) in [5.41, 5.74) is 3.37. The van der Waals surface area contributed by atoms with Gasteiger partial charge in [-0.05, 0) is 30.5 Å². The van der Waals surface area contributed by atoms with Crippen LogP contribution in [0.25, 0.3) is 6.08 Å². The van der Waals surface area contributed by atoms with E-state index < -0.39 is 15.9 Å². The SMILES string of the molecule is Cn1cnc(S(=O)(=O)NC2CCN(c3ccccc3/C=C/C(=O)NO)CC2)c1. The van der Waals surface area contributed by atoms with Crippen LogP contribution in [0.4, 0.5) is 5.69 Å². The normalized spacial score (nSPS) is 15.9. The molecule has 9 nitrogen and oxygen atoms in total. The van der Waals surface area contributed by atoms with Crippen molar-refractivity contribution in [2.45, 2.75) is 23.9 Å². The molecule has 2 aromatic rings. The summed E-state index contributed by atoms with van der Waals surface area (Å²) >= 11 is 0. The first-order chi connectivity index (χ1) is 13.4. The van der Waals surface area contributed by atoms with Crippen LogP contribution in [0.5, 0.6) is 0 Å². The number of hydrogen-bond acceptors (Lipinski definition) is 6. The Labute approximate surface area is 163 Å². The summed E-state index contributed by atoms with van der Waals surface area (Å²) in [6.45, 7) is 1.35. The molecule has 0 unspecified atom stereocenters. The van der Waals surface area contributed by atoms with Gasteiger partial charge in [-0.25, -0.2) is 23.6 Å². The lowest BCUT2D eigenvalue weighted by Gasteiger charge is -2.34. The van der Waals surface area contributed by atoms with Crippen LogP contribution >= 0.6 is 0 Å². The average molecular weight is 405 g/mol. The molecule has 28 heavy (non-hydrogen) atoms. The number of sulfonamides is 1. The van der Waals surface area contributed by atoms with Crippen LogP contribution in [-0.4, -0.2) is 48.2 Å². The van der Waals surface area contributed by atoms with E-state index in [2.05, 4.69) is 14.6 Å². The maximum absolute atomic E-state index is 12.4. The molecule has 150 valence electrons. The standard InChI is InChI=1S/C18H23N5O4S/c1-22-12-18(19-13-22)28(26,27)21-15-8-10-23(11-9-15)16-5-3-2-4-14(16)6-7-17(24)20-25/h2-7,12-13,15,21,25H,8-11H2,1H3,(H,20,24)/b7-6+. The minimum Gasteiger partial charge on any atom is -0.371 e. The first-order valence-corrected chi connectivity index (χ1v) is 10.3. The summed E-state index contributed by atoms with van der Waals surface area (Å²) in [5.74, 6) is -0.600. The van der Waals surface area contributed by atoms with Crippen LogP contribution in [0.1, 0.15) is 18.4 Å². The molecule has 2 heterocycles. The smallest absolute Gasteiger partial charge is 0.267 e. The van der Waals surface area contributed by atoms with Crippen molar-refractivity contribution < 1.29 is 18.4 Å². The molecule has 0 aliphatic carbocycles. The molecule has 1 aromatic carbocycles. The number of nitrogens with zero attached hydrogens (tertiary/aromatic N) is 3. The minimum absolute atomic E-state index is 0.0232. The summed E-state index contributed by atoms with van der Waals surface area (Å²) in [5, 5.41) is 8.64. The van der Waals surface area contributed by atoms with Gasteiger partial charge in [-0.2, -0.15) is 0 Å². The van der Waals surface area contributed by atoms with Crippen molar-refractivity contribution in [1.29, 1.82) is 0 Å². The number of anilines is 1. The van der Waals surface area contributed by atoms with E-state index in [1.54, 1.807) is 23.2 Å². The third-order valence-corrected chi connectivity index (χ3v) is 5.98. The molecule has 1 aliphatic rings. The van der Waals surface area contributed by atoms with Gasteiger partial charge in [-0.15, -0.1) is 0 Å². The highest BCUT2D eigenvalue weighted by molar-refractivity contribution is 7.89. The van der Waals surface area contributed by atoms with E-state index in [0.29, 0.717) is 25.9 Å². The highest BCUT2D eigenvalue weighted by atomic mass is 32.2. The van der Waals surface area contributed by atoms with Crippen molar-refractivity contribution >= 4 is 27.7 Å². The maximum Gasteiger partial charge on any atom is 0.267 e. The largest absolute Gasteiger partial charge is 0.371 e. The van der Waals surface area contributed by atoms with E-state index in [4.69, 9.17) is 5.21 Å². The summed E-state index contributed by atoms with van der Waals surface area (Å²) in [6, 6.07) is 7.45. The summed E-state index contributed by atoms with van der Waals surface area (Å²) in [7, 11) is -1.91. The lowest BCUT2D eigenvalue weighted by Crippen LogP contribution is -2.44. The van der Waals surface area contributed by atoms with Crippen LogP contribution in [0.2, 0.25) is 0 Å². The number of aromatic nitrogens is 2. The second-order valence-corrected chi connectivity index (χ2v) is 8.29. The Kier molecular flexibility index (Phi) is 6.12. The van der Waals surface area contributed by atoms with E-state index in [-0.39, 0.29) is 11.1 Å². The predicted octanol–water partition coefficient (Wildman–Crippen LogP) is 0.886. The zero-order valence-corrected chi connectivity index (χ0v) is 16.3. The Balaban J connectivity index is 1.64.